The molecule has 188 valence electrons. The van der Waals surface area contributed by atoms with Crippen LogP contribution >= 0.6 is 11.8 Å². The molecule has 0 saturated heterocycles. The van der Waals surface area contributed by atoms with Crippen molar-refractivity contribution in [3.05, 3.63) is 95.1 Å². The lowest BCUT2D eigenvalue weighted by Crippen LogP contribution is -2.25. The molecular weight excluding hydrogens is 484 g/mol. The summed E-state index contributed by atoms with van der Waals surface area (Å²) in [6.07, 6.45) is 0.713. The third-order valence-corrected chi connectivity index (χ3v) is 7.46. The van der Waals surface area contributed by atoms with Gasteiger partial charge in [0.1, 0.15) is 11.0 Å². The van der Waals surface area contributed by atoms with Crippen LogP contribution in [-0.2, 0) is 9.59 Å². The summed E-state index contributed by atoms with van der Waals surface area (Å²) >= 11 is 1.30. The van der Waals surface area contributed by atoms with Crippen molar-refractivity contribution >= 4 is 40.1 Å². The van der Waals surface area contributed by atoms with Crippen molar-refractivity contribution in [1.82, 2.24) is 5.01 Å². The van der Waals surface area contributed by atoms with Gasteiger partial charge in [-0.3, -0.25) is 9.59 Å². The summed E-state index contributed by atoms with van der Waals surface area (Å²) in [5.74, 6) is 0.258. The van der Waals surface area contributed by atoms with Crippen LogP contribution in [0.4, 0.5) is 5.69 Å². The quantitative estimate of drug-likeness (QED) is 0.472. The Morgan fingerprint density at radius 2 is 1.76 bits per heavy atom. The molecule has 37 heavy (non-hydrogen) atoms. The van der Waals surface area contributed by atoms with E-state index >= 15 is 0 Å². The zero-order valence-electron chi connectivity index (χ0n) is 21.0. The van der Waals surface area contributed by atoms with Crippen LogP contribution in [0.15, 0.2) is 82.9 Å². The van der Waals surface area contributed by atoms with Gasteiger partial charge < -0.3 is 10.1 Å². The average Bonchev–Trinajstić information content (AvgIpc) is 3.48. The lowest BCUT2D eigenvalue weighted by Gasteiger charge is -2.23. The first kappa shape index (κ1) is 24.8. The first-order chi connectivity index (χ1) is 17.9. The van der Waals surface area contributed by atoms with E-state index in [1.807, 2.05) is 79.5 Å². The summed E-state index contributed by atoms with van der Waals surface area (Å²) in [7, 11) is 1.64. The lowest BCUT2D eigenvalue weighted by molar-refractivity contribution is -0.121. The average molecular weight is 513 g/mol. The van der Waals surface area contributed by atoms with E-state index in [2.05, 4.69) is 22.4 Å². The number of rotatable bonds is 6. The highest BCUT2D eigenvalue weighted by Gasteiger charge is 2.39. The monoisotopic (exact) mass is 512 g/mol. The smallest absolute Gasteiger partial charge is 0.262 e. The maximum Gasteiger partial charge on any atom is 0.262 e. The maximum atomic E-state index is 12.8. The Bertz CT molecular complexity index is 1370. The van der Waals surface area contributed by atoms with Gasteiger partial charge in [-0.2, -0.15) is 10.1 Å². The van der Waals surface area contributed by atoms with Gasteiger partial charge in [-0.1, -0.05) is 48.2 Å². The minimum absolute atomic E-state index is 0.0440. The van der Waals surface area contributed by atoms with Crippen LogP contribution in [0.25, 0.3) is 0 Å². The largest absolute Gasteiger partial charge is 0.497 e. The SMILES string of the molecule is COc1ccc(C2=NN(C3=NC(=O)[C@H](CC(=O)Nc4cc(C)cc(C)c4)S3)[C@@H](c3ccccc3)C2)cc1. The topological polar surface area (TPSA) is 83.4 Å². The number of amides is 2. The molecule has 0 spiro atoms. The highest BCUT2D eigenvalue weighted by Crippen LogP contribution is 2.38. The van der Waals surface area contributed by atoms with E-state index in [0.717, 1.165) is 39.4 Å². The second kappa shape index (κ2) is 10.6. The number of ether oxygens (including phenoxy) is 1. The third-order valence-electron chi connectivity index (χ3n) is 6.32. The number of nitrogens with one attached hydrogen (secondary N) is 1. The highest BCUT2D eigenvalue weighted by molar-refractivity contribution is 8.15. The molecule has 2 heterocycles. The van der Waals surface area contributed by atoms with Crippen LogP contribution in [0.2, 0.25) is 0 Å². The van der Waals surface area contributed by atoms with Crippen LogP contribution in [0, 0.1) is 13.8 Å². The lowest BCUT2D eigenvalue weighted by atomic mass is 9.98. The van der Waals surface area contributed by atoms with E-state index in [1.54, 1.807) is 7.11 Å². The molecule has 7 nitrogen and oxygen atoms in total. The van der Waals surface area contributed by atoms with E-state index in [9.17, 15) is 9.59 Å². The van der Waals surface area contributed by atoms with Gasteiger partial charge in [0, 0.05) is 18.5 Å². The van der Waals surface area contributed by atoms with Crippen molar-refractivity contribution in [3.63, 3.8) is 0 Å². The van der Waals surface area contributed by atoms with Crippen LogP contribution in [0.1, 0.15) is 41.1 Å². The van der Waals surface area contributed by atoms with Crippen molar-refractivity contribution in [2.75, 3.05) is 12.4 Å². The van der Waals surface area contributed by atoms with Crippen molar-refractivity contribution in [1.29, 1.82) is 0 Å². The molecule has 2 amide bonds. The zero-order chi connectivity index (χ0) is 25.9. The summed E-state index contributed by atoms with van der Waals surface area (Å²) < 4.78 is 5.29. The standard InChI is InChI=1S/C29H28N4O3S/c1-18-13-19(2)15-22(14-18)30-27(34)17-26-28(35)31-29(37-26)33-25(21-7-5-4-6-8-21)16-24(32-33)20-9-11-23(36-3)12-10-20/h4-15,25-26H,16-17H2,1-3H3,(H,30,34)/t25-,26+/m1/s1. The van der Waals surface area contributed by atoms with E-state index in [-0.39, 0.29) is 24.3 Å². The minimum Gasteiger partial charge on any atom is -0.497 e. The number of hydrogen-bond acceptors (Lipinski definition) is 6. The Balaban J connectivity index is 1.34. The first-order valence-electron chi connectivity index (χ1n) is 12.1. The number of anilines is 1. The Hall–Kier alpha value is -3.91. The van der Waals surface area contributed by atoms with Gasteiger partial charge >= 0.3 is 0 Å². The molecule has 2 atom stereocenters. The summed E-state index contributed by atoms with van der Waals surface area (Å²) in [6.45, 7) is 3.97. The Morgan fingerprint density at radius 1 is 1.05 bits per heavy atom. The second-order valence-corrected chi connectivity index (χ2v) is 10.4. The molecule has 0 aromatic heterocycles. The molecular formula is C29H28N4O3S. The molecule has 3 aromatic rings. The van der Waals surface area contributed by atoms with Gasteiger partial charge in [-0.05, 0) is 72.5 Å². The third kappa shape index (κ3) is 5.59. The highest BCUT2D eigenvalue weighted by atomic mass is 32.2. The number of hydrogen-bond donors (Lipinski definition) is 1. The molecule has 2 aliphatic heterocycles. The van der Waals surface area contributed by atoms with E-state index in [1.165, 1.54) is 11.8 Å². The molecule has 8 heteroatoms. The number of aryl methyl sites for hydroxylation is 2. The number of thioether (sulfide) groups is 1. The molecule has 2 aliphatic rings. The van der Waals surface area contributed by atoms with Crippen molar-refractivity contribution in [3.8, 4) is 5.75 Å². The zero-order valence-corrected chi connectivity index (χ0v) is 21.8. The molecule has 0 radical (unpaired) electrons. The molecule has 5 rings (SSSR count). The van der Waals surface area contributed by atoms with Crippen LogP contribution in [0.5, 0.6) is 5.75 Å². The number of methoxy groups -OCH3 is 1. The number of carbonyl (C=O) groups excluding carboxylic acids is 2. The number of carbonyl (C=O) groups is 2. The Kier molecular flexibility index (Phi) is 7.10. The second-order valence-electron chi connectivity index (χ2n) is 9.22. The van der Waals surface area contributed by atoms with E-state index in [0.29, 0.717) is 11.6 Å². The predicted molar refractivity (Wildman–Crippen MR) is 148 cm³/mol. The van der Waals surface area contributed by atoms with Gasteiger partial charge in [0.05, 0.1) is 18.9 Å². The van der Waals surface area contributed by atoms with Gasteiger partial charge in [0.15, 0.2) is 5.17 Å². The van der Waals surface area contributed by atoms with Crippen LogP contribution in [0.3, 0.4) is 0 Å². The van der Waals surface area contributed by atoms with Gasteiger partial charge in [-0.25, -0.2) is 5.01 Å². The van der Waals surface area contributed by atoms with Gasteiger partial charge in [-0.15, -0.1) is 0 Å². The molecule has 0 saturated carbocycles. The predicted octanol–water partition coefficient (Wildman–Crippen LogP) is 5.49. The van der Waals surface area contributed by atoms with Crippen molar-refractivity contribution in [2.24, 2.45) is 10.1 Å². The molecule has 0 bridgehead atoms. The maximum absolute atomic E-state index is 12.8. The molecule has 1 N–H and O–H groups in total. The van der Waals surface area contributed by atoms with Gasteiger partial charge in [0.2, 0.25) is 5.91 Å². The van der Waals surface area contributed by atoms with Gasteiger partial charge in [0.25, 0.3) is 5.91 Å². The number of benzene rings is 3. The first-order valence-corrected chi connectivity index (χ1v) is 13.0. The Labute approximate surface area is 220 Å². The fourth-order valence-electron chi connectivity index (χ4n) is 4.61. The normalized spacial score (nSPS) is 19.0. The van der Waals surface area contributed by atoms with Crippen LogP contribution < -0.4 is 10.1 Å². The summed E-state index contributed by atoms with van der Waals surface area (Å²) in [5.41, 5.74) is 5.85. The minimum atomic E-state index is -0.586. The molecule has 0 fully saturated rings. The number of aliphatic imine (C=N–C) groups is 1. The van der Waals surface area contributed by atoms with Crippen molar-refractivity contribution in [2.45, 2.75) is 38.0 Å². The van der Waals surface area contributed by atoms with Crippen LogP contribution in [-0.4, -0.2) is 40.1 Å². The number of nitrogens with zero attached hydrogens (tertiary/aromatic N) is 3. The molecule has 0 aliphatic carbocycles. The number of amidine groups is 1. The Morgan fingerprint density at radius 3 is 2.43 bits per heavy atom. The fourth-order valence-corrected chi connectivity index (χ4v) is 5.67. The number of hydrazone groups is 1. The fraction of sp³-hybridized carbons (Fsp3) is 0.241. The summed E-state index contributed by atoms with van der Waals surface area (Å²) in [6, 6.07) is 23.7. The molecule has 0 unspecified atom stereocenters. The van der Waals surface area contributed by atoms with E-state index in [4.69, 9.17) is 9.84 Å². The molecule has 3 aromatic carbocycles. The summed E-state index contributed by atoms with van der Waals surface area (Å²) in [4.78, 5) is 29.9. The summed E-state index contributed by atoms with van der Waals surface area (Å²) in [5, 5.41) is 9.58. The van der Waals surface area contributed by atoms with Crippen molar-refractivity contribution < 1.29 is 14.3 Å². The van der Waals surface area contributed by atoms with E-state index < -0.39 is 5.25 Å².